The molecule has 122 valence electrons. The monoisotopic (exact) mass is 408 g/mol. The second-order valence-electron chi connectivity index (χ2n) is 4.48. The molecule has 3 heterocycles. The Bertz CT molecular complexity index is 825. The van der Waals surface area contributed by atoms with E-state index in [1.54, 1.807) is 0 Å². The lowest BCUT2D eigenvalue weighted by atomic mass is 10.3. The molecule has 3 aromatic rings. The van der Waals surface area contributed by atoms with Crippen LogP contribution in [-0.2, 0) is 5.75 Å². The van der Waals surface area contributed by atoms with Crippen LogP contribution in [0.15, 0.2) is 5.16 Å². The molecule has 2 N–H and O–H groups in total. The molecule has 12 heteroatoms. The van der Waals surface area contributed by atoms with Crippen molar-refractivity contribution in [3.05, 3.63) is 14.5 Å². The normalized spacial score (nSPS) is 12.7. The lowest BCUT2D eigenvalue weighted by molar-refractivity contribution is 0.281. The first kappa shape index (κ1) is 17.1. The van der Waals surface area contributed by atoms with Crippen molar-refractivity contribution in [2.24, 2.45) is 0 Å². The summed E-state index contributed by atoms with van der Waals surface area (Å²) in [6, 6.07) is -0.149. The molecule has 0 aliphatic heterocycles. The molecule has 0 radical (unpaired) electrons. The van der Waals surface area contributed by atoms with Gasteiger partial charge in [-0.15, -0.1) is 5.10 Å². The van der Waals surface area contributed by atoms with Crippen molar-refractivity contribution in [3.63, 3.8) is 0 Å². The van der Waals surface area contributed by atoms with Crippen molar-refractivity contribution < 1.29 is 5.11 Å². The van der Waals surface area contributed by atoms with Gasteiger partial charge < -0.3 is 10.4 Å². The third-order valence-corrected chi connectivity index (χ3v) is 5.71. The number of thioether (sulfide) groups is 1. The van der Waals surface area contributed by atoms with E-state index in [-0.39, 0.29) is 12.6 Å². The summed E-state index contributed by atoms with van der Waals surface area (Å²) >= 11 is 15.8. The number of aliphatic hydroxyl groups is 1. The molecule has 0 aliphatic rings. The Labute approximate surface area is 153 Å². The van der Waals surface area contributed by atoms with E-state index in [9.17, 15) is 5.11 Å². The molecule has 0 aliphatic carbocycles. The number of nitrogens with one attached hydrogen (secondary N) is 1. The van der Waals surface area contributed by atoms with Gasteiger partial charge in [-0.2, -0.15) is 0 Å². The summed E-state index contributed by atoms with van der Waals surface area (Å²) in [6.07, 6.45) is 0. The lowest BCUT2D eigenvalue weighted by Crippen LogP contribution is -2.20. The zero-order valence-electron chi connectivity index (χ0n) is 11.7. The second-order valence-corrected chi connectivity index (χ2v) is 8.36. The fraction of sp³-hybridized carbons (Fsp3) is 0.364. The quantitative estimate of drug-likeness (QED) is 0.473. The maximum atomic E-state index is 9.22. The Morgan fingerprint density at radius 3 is 2.83 bits per heavy atom. The van der Waals surface area contributed by atoms with Gasteiger partial charge in [0.05, 0.1) is 6.61 Å². The summed E-state index contributed by atoms with van der Waals surface area (Å²) in [5.41, 5.74) is 1.22. The van der Waals surface area contributed by atoms with E-state index < -0.39 is 0 Å². The first-order valence-corrected chi connectivity index (χ1v) is 9.71. The number of aliphatic hydroxyl groups excluding tert-OH is 1. The van der Waals surface area contributed by atoms with Gasteiger partial charge in [0.25, 0.3) is 0 Å². The third-order valence-electron chi connectivity index (χ3n) is 2.71. The average Bonchev–Trinajstić information content (AvgIpc) is 3.10. The zero-order chi connectivity index (χ0) is 16.4. The largest absolute Gasteiger partial charge is 0.394 e. The number of rotatable bonds is 6. The van der Waals surface area contributed by atoms with E-state index in [1.165, 1.54) is 23.1 Å². The number of fused-ring (bicyclic) bond motifs is 1. The minimum absolute atomic E-state index is 0.0133. The molecular formula is C11H10Cl2N6OS3. The molecule has 1 atom stereocenters. The van der Waals surface area contributed by atoms with E-state index in [1.807, 2.05) is 6.92 Å². The number of hydrogen-bond acceptors (Lipinski definition) is 10. The van der Waals surface area contributed by atoms with Gasteiger partial charge in [0.1, 0.15) is 14.7 Å². The molecule has 0 saturated carbocycles. The highest BCUT2D eigenvalue weighted by molar-refractivity contribution is 7.98. The molecule has 1 unspecified atom stereocenters. The van der Waals surface area contributed by atoms with Crippen LogP contribution in [0.1, 0.15) is 12.6 Å². The first-order valence-electron chi connectivity index (χ1n) is 6.38. The van der Waals surface area contributed by atoms with Gasteiger partial charge in [-0.3, -0.25) is 0 Å². The summed E-state index contributed by atoms with van der Waals surface area (Å²) in [5.74, 6) is 1.11. The Hall–Kier alpha value is -0.780. The molecule has 0 fully saturated rings. The Morgan fingerprint density at radius 2 is 2.13 bits per heavy atom. The van der Waals surface area contributed by atoms with E-state index in [0.717, 1.165) is 16.2 Å². The van der Waals surface area contributed by atoms with Crippen LogP contribution >= 0.6 is 57.8 Å². The van der Waals surface area contributed by atoms with Gasteiger partial charge in [0, 0.05) is 23.3 Å². The first-order chi connectivity index (χ1) is 11.1. The van der Waals surface area contributed by atoms with Gasteiger partial charge in [-0.05, 0) is 6.92 Å². The third kappa shape index (κ3) is 4.01. The zero-order valence-corrected chi connectivity index (χ0v) is 15.6. The fourth-order valence-corrected chi connectivity index (χ4v) is 4.20. The van der Waals surface area contributed by atoms with Gasteiger partial charge in [-0.25, -0.2) is 15.0 Å². The number of hydrogen-bond donors (Lipinski definition) is 2. The van der Waals surface area contributed by atoms with E-state index in [4.69, 9.17) is 23.2 Å². The molecule has 3 aromatic heterocycles. The van der Waals surface area contributed by atoms with Crippen LogP contribution in [0, 0.1) is 0 Å². The molecule has 0 bridgehead atoms. The predicted octanol–water partition coefficient (Wildman–Crippen LogP) is 3.33. The number of thiazole rings is 1. The van der Waals surface area contributed by atoms with Crippen molar-refractivity contribution in [2.75, 3.05) is 11.9 Å². The highest BCUT2D eigenvalue weighted by atomic mass is 35.5. The molecule has 3 rings (SSSR count). The van der Waals surface area contributed by atoms with E-state index in [0.29, 0.717) is 36.9 Å². The molecule has 0 saturated heterocycles. The molecule has 0 spiro atoms. The van der Waals surface area contributed by atoms with Crippen molar-refractivity contribution in [1.29, 1.82) is 0 Å². The van der Waals surface area contributed by atoms with Crippen LogP contribution in [0.3, 0.4) is 0 Å². The summed E-state index contributed by atoms with van der Waals surface area (Å²) < 4.78 is 5.50. The molecule has 7 nitrogen and oxygen atoms in total. The highest BCUT2D eigenvalue weighted by Gasteiger charge is 2.15. The molecule has 0 amide bonds. The maximum absolute atomic E-state index is 9.22. The van der Waals surface area contributed by atoms with E-state index >= 15 is 0 Å². The molecule has 23 heavy (non-hydrogen) atoms. The topological polar surface area (TPSA) is 96.7 Å². The van der Waals surface area contributed by atoms with Gasteiger partial charge in [0.2, 0.25) is 0 Å². The van der Waals surface area contributed by atoms with Crippen LogP contribution in [0.5, 0.6) is 0 Å². The molecular weight excluding hydrogens is 399 g/mol. The number of halogens is 2. The second kappa shape index (κ2) is 7.41. The van der Waals surface area contributed by atoms with Crippen molar-refractivity contribution in [3.8, 4) is 0 Å². The Balaban J connectivity index is 1.89. The van der Waals surface area contributed by atoms with Crippen LogP contribution in [0.2, 0.25) is 8.80 Å². The van der Waals surface area contributed by atoms with Gasteiger partial charge in [0.15, 0.2) is 21.1 Å². The summed E-state index contributed by atoms with van der Waals surface area (Å²) in [7, 11) is 0. The highest BCUT2D eigenvalue weighted by Crippen LogP contribution is 2.33. The van der Waals surface area contributed by atoms with Crippen LogP contribution in [0.25, 0.3) is 10.3 Å². The Morgan fingerprint density at radius 1 is 1.30 bits per heavy atom. The maximum Gasteiger partial charge on any atom is 0.192 e. The Kier molecular flexibility index (Phi) is 5.49. The smallest absolute Gasteiger partial charge is 0.192 e. The fourth-order valence-electron chi connectivity index (χ4n) is 1.64. The minimum atomic E-state index is -0.149. The predicted molar refractivity (Wildman–Crippen MR) is 94.9 cm³/mol. The van der Waals surface area contributed by atoms with Crippen LogP contribution in [-0.4, -0.2) is 42.3 Å². The van der Waals surface area contributed by atoms with Crippen molar-refractivity contribution in [1.82, 2.24) is 24.5 Å². The lowest BCUT2D eigenvalue weighted by Gasteiger charge is -2.12. The summed E-state index contributed by atoms with van der Waals surface area (Å²) in [4.78, 5) is 13.1. The van der Waals surface area contributed by atoms with Crippen molar-refractivity contribution >= 4 is 74.0 Å². The van der Waals surface area contributed by atoms with Crippen molar-refractivity contribution in [2.45, 2.75) is 23.9 Å². The minimum Gasteiger partial charge on any atom is -0.394 e. The number of aromatic nitrogens is 5. The summed E-state index contributed by atoms with van der Waals surface area (Å²) in [5, 5.41) is 16.8. The average molecular weight is 409 g/mol. The van der Waals surface area contributed by atoms with Gasteiger partial charge >= 0.3 is 0 Å². The summed E-state index contributed by atoms with van der Waals surface area (Å²) in [6.45, 7) is 1.84. The van der Waals surface area contributed by atoms with Gasteiger partial charge in [-0.1, -0.05) is 50.8 Å². The standard InChI is InChI=1S/C11H10Cl2N6OS3/c1-4(2-20)14-8-6-9(15-10(13)22-6)17-11(16-8)21-3-5-7(12)23-19-18-5/h4,20H,2-3H2,1H3,(H,14,16,17). The van der Waals surface area contributed by atoms with Crippen LogP contribution in [0.4, 0.5) is 5.82 Å². The SMILES string of the molecule is CC(CO)Nc1nc(SCc2nnsc2Cl)nc2nc(Cl)sc12. The molecule has 0 aromatic carbocycles. The number of nitrogens with zero attached hydrogens (tertiary/aromatic N) is 5. The van der Waals surface area contributed by atoms with E-state index in [2.05, 4.69) is 29.9 Å². The van der Waals surface area contributed by atoms with Crippen LogP contribution < -0.4 is 5.32 Å². The number of anilines is 1.